The molecule has 1 aliphatic carbocycles. The zero-order valence-electron chi connectivity index (χ0n) is 19.4. The van der Waals surface area contributed by atoms with E-state index in [9.17, 15) is 19.5 Å². The van der Waals surface area contributed by atoms with Gasteiger partial charge in [-0.2, -0.15) is 0 Å². The molecule has 2 heterocycles. The summed E-state index contributed by atoms with van der Waals surface area (Å²) in [6.45, 7) is 0.685. The Balaban J connectivity index is 1.37. The first-order valence-corrected chi connectivity index (χ1v) is 11.9. The molecule has 2 aromatic heterocycles. The van der Waals surface area contributed by atoms with E-state index in [1.54, 1.807) is 24.4 Å². The number of carbonyl (C=O) groups excluding carboxylic acids is 1. The highest BCUT2D eigenvalue weighted by molar-refractivity contribution is 5.81. The number of carbonyl (C=O) groups is 2. The fourth-order valence-electron chi connectivity index (χ4n) is 4.22. The zero-order valence-corrected chi connectivity index (χ0v) is 19.4. The number of aliphatic carboxylic acids is 1. The number of anilines is 1. The first-order chi connectivity index (χ1) is 17.0. The molecule has 0 bridgehead atoms. The first-order valence-electron chi connectivity index (χ1n) is 11.9. The Morgan fingerprint density at radius 2 is 2.00 bits per heavy atom. The molecule has 0 saturated heterocycles. The van der Waals surface area contributed by atoms with Crippen LogP contribution in [0.2, 0.25) is 0 Å². The van der Waals surface area contributed by atoms with Gasteiger partial charge < -0.3 is 24.9 Å². The molecule has 1 unspecified atom stereocenters. The second-order valence-electron chi connectivity index (χ2n) is 8.70. The van der Waals surface area contributed by atoms with E-state index in [1.165, 1.54) is 6.07 Å². The van der Waals surface area contributed by atoms with Gasteiger partial charge in [0.15, 0.2) is 5.43 Å². The SMILES string of the molecule is O=C(NC(Cc1ccc2oc(CCCNc3ccccn3)cc(=O)c2c1)C(=O)O)OC1CCCC1. The fraction of sp³-hybridized carbons (Fsp3) is 0.385. The smallest absolute Gasteiger partial charge is 0.408 e. The molecule has 184 valence electrons. The number of hydrogen-bond acceptors (Lipinski definition) is 7. The Bertz CT molecular complexity index is 1220. The van der Waals surface area contributed by atoms with Crippen LogP contribution in [0.25, 0.3) is 11.0 Å². The van der Waals surface area contributed by atoms with Gasteiger partial charge in [-0.25, -0.2) is 14.6 Å². The quantitative estimate of drug-likeness (QED) is 0.373. The van der Waals surface area contributed by atoms with E-state index in [-0.39, 0.29) is 18.0 Å². The van der Waals surface area contributed by atoms with Gasteiger partial charge in [-0.05, 0) is 61.9 Å². The highest BCUT2D eigenvalue weighted by Crippen LogP contribution is 2.21. The molecule has 0 aliphatic heterocycles. The predicted octanol–water partition coefficient (Wildman–Crippen LogP) is 3.90. The lowest BCUT2D eigenvalue weighted by molar-refractivity contribution is -0.139. The van der Waals surface area contributed by atoms with E-state index < -0.39 is 18.1 Å². The van der Waals surface area contributed by atoms with Crippen LogP contribution in [0.1, 0.15) is 43.4 Å². The lowest BCUT2D eigenvalue weighted by Gasteiger charge is -2.17. The molecule has 1 aromatic carbocycles. The largest absolute Gasteiger partial charge is 0.480 e. The van der Waals surface area contributed by atoms with Crippen LogP contribution in [0.3, 0.4) is 0 Å². The Hall–Kier alpha value is -3.88. The Labute approximate surface area is 202 Å². The van der Waals surface area contributed by atoms with Crippen LogP contribution in [-0.4, -0.2) is 40.8 Å². The van der Waals surface area contributed by atoms with Crippen molar-refractivity contribution in [3.63, 3.8) is 0 Å². The van der Waals surface area contributed by atoms with Crippen molar-refractivity contribution in [3.05, 3.63) is 70.2 Å². The summed E-state index contributed by atoms with van der Waals surface area (Å²) in [5.74, 6) is 0.203. The van der Waals surface area contributed by atoms with Crippen molar-refractivity contribution in [2.45, 2.75) is 57.1 Å². The monoisotopic (exact) mass is 479 g/mol. The molecule has 35 heavy (non-hydrogen) atoms. The predicted molar refractivity (Wildman–Crippen MR) is 131 cm³/mol. The molecular formula is C26H29N3O6. The average molecular weight is 480 g/mol. The van der Waals surface area contributed by atoms with Gasteiger partial charge in [0.25, 0.3) is 0 Å². The molecule has 1 atom stereocenters. The molecule has 3 N–H and O–H groups in total. The van der Waals surface area contributed by atoms with Crippen molar-refractivity contribution in [1.29, 1.82) is 0 Å². The van der Waals surface area contributed by atoms with Crippen LogP contribution in [0.15, 0.2) is 57.9 Å². The zero-order chi connectivity index (χ0) is 24.6. The summed E-state index contributed by atoms with van der Waals surface area (Å²) in [4.78, 5) is 40.7. The van der Waals surface area contributed by atoms with Crippen molar-refractivity contribution >= 4 is 28.8 Å². The van der Waals surface area contributed by atoms with Gasteiger partial charge in [0.05, 0.1) is 5.39 Å². The maximum absolute atomic E-state index is 12.7. The highest BCUT2D eigenvalue weighted by atomic mass is 16.6. The van der Waals surface area contributed by atoms with E-state index in [4.69, 9.17) is 9.15 Å². The van der Waals surface area contributed by atoms with Crippen LogP contribution >= 0.6 is 0 Å². The Kier molecular flexibility index (Phi) is 7.97. The minimum Gasteiger partial charge on any atom is -0.480 e. The summed E-state index contributed by atoms with van der Waals surface area (Å²) >= 11 is 0. The third kappa shape index (κ3) is 6.81. The van der Waals surface area contributed by atoms with Gasteiger partial charge in [-0.3, -0.25) is 4.79 Å². The number of aryl methyl sites for hydroxylation is 1. The third-order valence-corrected chi connectivity index (χ3v) is 6.02. The number of carboxylic acids is 1. The van der Waals surface area contributed by atoms with Crippen molar-refractivity contribution in [2.75, 3.05) is 11.9 Å². The number of carboxylic acid groups (broad SMARTS) is 1. The van der Waals surface area contributed by atoms with E-state index in [2.05, 4.69) is 15.6 Å². The second-order valence-corrected chi connectivity index (χ2v) is 8.70. The first kappa shape index (κ1) is 24.3. The van der Waals surface area contributed by atoms with Gasteiger partial charge in [-0.1, -0.05) is 12.1 Å². The van der Waals surface area contributed by atoms with Crippen LogP contribution in [0, 0.1) is 0 Å². The minimum atomic E-state index is -1.17. The average Bonchev–Trinajstić information content (AvgIpc) is 3.35. The van der Waals surface area contributed by atoms with E-state index in [0.29, 0.717) is 35.3 Å². The standard InChI is InChI=1S/C26H29N3O6/c30-22-16-19(8-5-13-28-24-9-3-4-12-27-24)34-23-11-10-17(14-20(22)23)15-21(25(31)32)29-26(33)35-18-6-1-2-7-18/h3-4,9-12,14,16,18,21H,1-2,5-8,13,15H2,(H,27,28)(H,29,33)(H,31,32). The number of ether oxygens (including phenoxy) is 1. The number of alkyl carbamates (subject to hydrolysis) is 1. The minimum absolute atomic E-state index is 0.0193. The lowest BCUT2D eigenvalue weighted by atomic mass is 10.0. The molecule has 0 spiro atoms. The summed E-state index contributed by atoms with van der Waals surface area (Å²) in [5, 5.41) is 15.6. The number of nitrogens with one attached hydrogen (secondary N) is 2. The number of benzene rings is 1. The summed E-state index contributed by atoms with van der Waals surface area (Å²) in [6, 6.07) is 10.9. The van der Waals surface area contributed by atoms with Gasteiger partial charge in [0.1, 0.15) is 29.3 Å². The van der Waals surface area contributed by atoms with Crippen LogP contribution in [-0.2, 0) is 22.4 Å². The maximum Gasteiger partial charge on any atom is 0.408 e. The normalized spacial score (nSPS) is 14.5. The highest BCUT2D eigenvalue weighted by Gasteiger charge is 2.25. The molecule has 9 heteroatoms. The summed E-state index contributed by atoms with van der Waals surface area (Å²) in [6.07, 6.45) is 5.80. The molecule has 0 radical (unpaired) electrons. The second kappa shape index (κ2) is 11.5. The van der Waals surface area contributed by atoms with Crippen LogP contribution < -0.4 is 16.1 Å². The molecule has 9 nitrogen and oxygen atoms in total. The third-order valence-electron chi connectivity index (χ3n) is 6.02. The van der Waals surface area contributed by atoms with Gasteiger partial charge in [0, 0.05) is 31.6 Å². The Morgan fingerprint density at radius 1 is 1.17 bits per heavy atom. The number of amides is 1. The molecule has 1 amide bonds. The number of fused-ring (bicyclic) bond motifs is 1. The lowest BCUT2D eigenvalue weighted by Crippen LogP contribution is -2.43. The van der Waals surface area contributed by atoms with Gasteiger partial charge in [0.2, 0.25) is 0 Å². The number of hydrogen-bond donors (Lipinski definition) is 3. The van der Waals surface area contributed by atoms with E-state index in [0.717, 1.165) is 37.9 Å². The number of aromatic nitrogens is 1. The van der Waals surface area contributed by atoms with Crippen molar-refractivity contribution in [1.82, 2.24) is 10.3 Å². The van der Waals surface area contributed by atoms with Crippen molar-refractivity contribution in [2.24, 2.45) is 0 Å². The van der Waals surface area contributed by atoms with Crippen molar-refractivity contribution < 1.29 is 23.8 Å². The van der Waals surface area contributed by atoms with E-state index in [1.807, 2.05) is 18.2 Å². The summed E-state index contributed by atoms with van der Waals surface area (Å²) in [7, 11) is 0. The molecule has 4 rings (SSSR count). The van der Waals surface area contributed by atoms with E-state index >= 15 is 0 Å². The molecule has 1 saturated carbocycles. The fourth-order valence-corrected chi connectivity index (χ4v) is 4.22. The maximum atomic E-state index is 12.7. The molecular weight excluding hydrogens is 450 g/mol. The molecule has 3 aromatic rings. The van der Waals surface area contributed by atoms with Crippen LogP contribution in [0.5, 0.6) is 0 Å². The van der Waals surface area contributed by atoms with Crippen LogP contribution in [0.4, 0.5) is 10.6 Å². The number of nitrogens with zero attached hydrogens (tertiary/aromatic N) is 1. The van der Waals surface area contributed by atoms with Gasteiger partial charge >= 0.3 is 12.1 Å². The number of rotatable bonds is 10. The molecule has 1 fully saturated rings. The number of pyridine rings is 1. The summed E-state index contributed by atoms with van der Waals surface area (Å²) in [5.41, 5.74) is 0.848. The Morgan fingerprint density at radius 3 is 2.74 bits per heavy atom. The molecule has 1 aliphatic rings. The van der Waals surface area contributed by atoms with Gasteiger partial charge in [-0.15, -0.1) is 0 Å². The summed E-state index contributed by atoms with van der Waals surface area (Å²) < 4.78 is 11.2. The van der Waals surface area contributed by atoms with Crippen molar-refractivity contribution in [3.8, 4) is 0 Å². The topological polar surface area (TPSA) is 131 Å².